The number of halogens is 3. The van der Waals surface area contributed by atoms with Crippen LogP contribution in [0, 0.1) is 40.1 Å². The highest BCUT2D eigenvalue weighted by molar-refractivity contribution is 9.10. The topological polar surface area (TPSA) is 108 Å². The summed E-state index contributed by atoms with van der Waals surface area (Å²) in [5.41, 5.74) is 0.962. The Morgan fingerprint density at radius 3 is 2.55 bits per heavy atom. The predicted octanol–water partition coefficient (Wildman–Crippen LogP) is 6.22. The summed E-state index contributed by atoms with van der Waals surface area (Å²) in [5, 5.41) is 23.5. The first-order valence-corrected chi connectivity index (χ1v) is 13.9. The number of anilines is 1. The third-order valence-corrected chi connectivity index (χ3v) is 9.59. The summed E-state index contributed by atoms with van der Waals surface area (Å²) in [5.74, 6) is 0.656. The number of rotatable bonds is 7. The van der Waals surface area contributed by atoms with Crippen LogP contribution in [0.1, 0.15) is 56.2 Å². The van der Waals surface area contributed by atoms with E-state index < -0.39 is 4.92 Å². The lowest BCUT2D eigenvalue weighted by Crippen LogP contribution is -2.57. The van der Waals surface area contributed by atoms with Gasteiger partial charge in [-0.15, -0.1) is 0 Å². The van der Waals surface area contributed by atoms with Gasteiger partial charge in [0, 0.05) is 12.6 Å². The van der Waals surface area contributed by atoms with Gasteiger partial charge >= 0.3 is 5.82 Å². The number of nitro groups is 1. The summed E-state index contributed by atoms with van der Waals surface area (Å²) in [6.45, 7) is 2.24. The second-order valence-electron chi connectivity index (χ2n) is 11.5. The van der Waals surface area contributed by atoms with Crippen LogP contribution in [0.15, 0.2) is 34.9 Å². The SMILES string of the molecule is Cc1c(Cl)c([N+](=O)[O-])nn1C12CC3CC(CC(CC(=O)Nc4nn(Cc5ccc(F)cc5)cc4Br)(C3)C1)C2. The van der Waals surface area contributed by atoms with Crippen LogP contribution in [0.5, 0.6) is 0 Å². The molecule has 9 nitrogen and oxygen atoms in total. The molecule has 2 aromatic heterocycles. The summed E-state index contributed by atoms with van der Waals surface area (Å²) in [6.07, 6.45) is 7.76. The zero-order chi connectivity index (χ0) is 26.8. The normalized spacial score (nSPS) is 27.6. The minimum atomic E-state index is -0.525. The van der Waals surface area contributed by atoms with Crippen molar-refractivity contribution >= 4 is 45.1 Å². The maximum atomic E-state index is 13.4. The van der Waals surface area contributed by atoms with Crippen LogP contribution in [0.4, 0.5) is 16.0 Å². The van der Waals surface area contributed by atoms with E-state index in [9.17, 15) is 19.3 Å². The zero-order valence-electron chi connectivity index (χ0n) is 20.8. The van der Waals surface area contributed by atoms with Crippen molar-refractivity contribution in [3.63, 3.8) is 0 Å². The minimum Gasteiger partial charge on any atom is -0.358 e. The van der Waals surface area contributed by atoms with Gasteiger partial charge in [-0.2, -0.15) is 9.78 Å². The Bertz CT molecular complexity index is 1420. The number of amides is 1. The fourth-order valence-corrected chi connectivity index (χ4v) is 8.36. The maximum absolute atomic E-state index is 13.4. The van der Waals surface area contributed by atoms with E-state index in [2.05, 4.69) is 31.4 Å². The molecule has 7 rings (SSSR count). The molecule has 4 aliphatic rings. The first kappa shape index (κ1) is 25.5. The largest absolute Gasteiger partial charge is 0.408 e. The molecule has 0 radical (unpaired) electrons. The van der Waals surface area contributed by atoms with Gasteiger partial charge < -0.3 is 15.4 Å². The molecule has 200 valence electrons. The van der Waals surface area contributed by atoms with Gasteiger partial charge in [0.1, 0.15) is 5.82 Å². The Morgan fingerprint density at radius 1 is 1.24 bits per heavy atom. The molecule has 1 N–H and O–H groups in total. The van der Waals surface area contributed by atoms with Crippen molar-refractivity contribution in [2.75, 3.05) is 5.32 Å². The first-order chi connectivity index (χ1) is 18.0. The van der Waals surface area contributed by atoms with Crippen molar-refractivity contribution in [3.05, 3.63) is 67.1 Å². The van der Waals surface area contributed by atoms with Gasteiger partial charge in [0.2, 0.25) is 5.91 Å². The van der Waals surface area contributed by atoms with Crippen molar-refractivity contribution in [2.45, 2.75) is 64.0 Å². The van der Waals surface area contributed by atoms with Crippen LogP contribution in [0.25, 0.3) is 0 Å². The highest BCUT2D eigenvalue weighted by atomic mass is 79.9. The molecule has 0 saturated heterocycles. The third kappa shape index (κ3) is 4.43. The van der Waals surface area contributed by atoms with Crippen molar-refractivity contribution < 1.29 is 14.1 Å². The van der Waals surface area contributed by atoms with Gasteiger partial charge in [-0.05, 0) is 101 Å². The van der Waals surface area contributed by atoms with Crippen molar-refractivity contribution in [3.8, 4) is 0 Å². The van der Waals surface area contributed by atoms with Gasteiger partial charge in [-0.3, -0.25) is 9.48 Å². The Morgan fingerprint density at radius 2 is 1.92 bits per heavy atom. The number of carbonyl (C=O) groups is 1. The quantitative estimate of drug-likeness (QED) is 0.254. The average Bonchev–Trinajstić information content (AvgIpc) is 3.32. The number of hydrogen-bond acceptors (Lipinski definition) is 5. The highest BCUT2D eigenvalue weighted by Crippen LogP contribution is 2.65. The fourth-order valence-electron chi connectivity index (χ4n) is 7.76. The zero-order valence-corrected chi connectivity index (χ0v) is 23.1. The van der Waals surface area contributed by atoms with Gasteiger partial charge in [-0.25, -0.2) is 4.39 Å². The summed E-state index contributed by atoms with van der Waals surface area (Å²) in [4.78, 5) is 24.3. The molecular formula is C26H27BrClFN6O3. The fraction of sp³-hybridized carbons (Fsp3) is 0.500. The Hall–Kier alpha value is -2.79. The van der Waals surface area contributed by atoms with E-state index in [1.54, 1.807) is 29.9 Å². The van der Waals surface area contributed by atoms with Gasteiger partial charge in [0.05, 0.1) is 27.3 Å². The number of aromatic nitrogens is 4. The molecule has 3 aromatic rings. The molecule has 1 amide bonds. The lowest BCUT2D eigenvalue weighted by molar-refractivity contribution is -0.389. The van der Waals surface area contributed by atoms with Gasteiger partial charge in [-0.1, -0.05) is 23.7 Å². The van der Waals surface area contributed by atoms with Gasteiger partial charge in [0.15, 0.2) is 10.8 Å². The van der Waals surface area contributed by atoms with Gasteiger partial charge in [0.25, 0.3) is 0 Å². The Balaban J connectivity index is 1.20. The summed E-state index contributed by atoms with van der Waals surface area (Å²) in [6, 6.07) is 6.22. The van der Waals surface area contributed by atoms with E-state index in [0.29, 0.717) is 40.8 Å². The number of nitrogens with zero attached hydrogens (tertiary/aromatic N) is 5. The standard InChI is InChI=1S/C26H27BrClFN6O3/c1-15-22(28)24(35(37)38)32-34(15)26-9-17-6-18(10-26)8-25(7-17,14-26)11-21(36)30-23-20(27)13-33(31-23)12-16-2-4-19(29)5-3-16/h2-5,13,17-18H,6-12,14H2,1H3,(H,30,31,36). The van der Waals surface area contributed by atoms with E-state index >= 15 is 0 Å². The second-order valence-corrected chi connectivity index (χ2v) is 12.7. The van der Waals surface area contributed by atoms with E-state index in [1.807, 2.05) is 4.68 Å². The molecular weight excluding hydrogens is 579 g/mol. The smallest absolute Gasteiger partial charge is 0.358 e. The van der Waals surface area contributed by atoms with Crippen LogP contribution in [0.3, 0.4) is 0 Å². The van der Waals surface area contributed by atoms with E-state index in [0.717, 1.165) is 44.1 Å². The summed E-state index contributed by atoms with van der Waals surface area (Å²) in [7, 11) is 0. The molecule has 4 bridgehead atoms. The minimum absolute atomic E-state index is 0.0959. The van der Waals surface area contributed by atoms with Crippen LogP contribution < -0.4 is 5.32 Å². The highest BCUT2D eigenvalue weighted by Gasteiger charge is 2.61. The predicted molar refractivity (Wildman–Crippen MR) is 142 cm³/mol. The summed E-state index contributed by atoms with van der Waals surface area (Å²) >= 11 is 9.81. The molecule has 12 heteroatoms. The Labute approximate surface area is 232 Å². The van der Waals surface area contributed by atoms with Crippen LogP contribution in [-0.2, 0) is 16.9 Å². The van der Waals surface area contributed by atoms with E-state index in [4.69, 9.17) is 11.6 Å². The van der Waals surface area contributed by atoms with E-state index in [-0.39, 0.29) is 33.5 Å². The first-order valence-electron chi connectivity index (χ1n) is 12.7. The molecule has 1 aromatic carbocycles. The van der Waals surface area contributed by atoms with Crippen LogP contribution in [0.2, 0.25) is 5.02 Å². The number of hydrogen-bond donors (Lipinski definition) is 1. The lowest BCUT2D eigenvalue weighted by Gasteiger charge is -2.61. The molecule has 38 heavy (non-hydrogen) atoms. The molecule has 4 aliphatic carbocycles. The second kappa shape index (κ2) is 9.15. The third-order valence-electron chi connectivity index (χ3n) is 8.57. The summed E-state index contributed by atoms with van der Waals surface area (Å²) < 4.78 is 17.4. The maximum Gasteiger partial charge on any atom is 0.408 e. The van der Waals surface area contributed by atoms with Crippen LogP contribution in [-0.4, -0.2) is 30.4 Å². The van der Waals surface area contributed by atoms with Crippen LogP contribution >= 0.6 is 27.5 Å². The molecule has 4 saturated carbocycles. The molecule has 2 unspecified atom stereocenters. The average molecular weight is 606 g/mol. The molecule has 0 aliphatic heterocycles. The lowest BCUT2D eigenvalue weighted by atomic mass is 9.46. The number of carbonyl (C=O) groups excluding carboxylic acids is 1. The molecule has 2 atom stereocenters. The Kier molecular flexibility index (Phi) is 6.14. The molecule has 2 heterocycles. The number of benzene rings is 1. The van der Waals surface area contributed by atoms with Crippen molar-refractivity contribution in [1.82, 2.24) is 19.6 Å². The van der Waals surface area contributed by atoms with E-state index in [1.165, 1.54) is 12.1 Å². The van der Waals surface area contributed by atoms with Crippen molar-refractivity contribution in [1.29, 1.82) is 0 Å². The van der Waals surface area contributed by atoms with Crippen molar-refractivity contribution in [2.24, 2.45) is 17.3 Å². The number of nitrogens with one attached hydrogen (secondary N) is 1. The monoisotopic (exact) mass is 604 g/mol. The molecule has 4 fully saturated rings. The molecule has 0 spiro atoms.